The van der Waals surface area contributed by atoms with Crippen LogP contribution in [-0.4, -0.2) is 24.7 Å². The SMILES string of the molecule is CC[C@@H](NC(=O)COC(=O)c1ccccc1SC)c1ccc(C)cc1. The predicted molar refractivity (Wildman–Crippen MR) is 101 cm³/mol. The Bertz CT molecular complexity index is 728. The van der Waals surface area contributed by atoms with Crippen molar-refractivity contribution >= 4 is 23.6 Å². The summed E-state index contributed by atoms with van der Waals surface area (Å²) in [6, 6.07) is 15.1. The van der Waals surface area contributed by atoms with Crippen molar-refractivity contribution in [1.82, 2.24) is 5.32 Å². The lowest BCUT2D eigenvalue weighted by Gasteiger charge is -2.18. The van der Waals surface area contributed by atoms with E-state index in [0.717, 1.165) is 16.9 Å². The topological polar surface area (TPSA) is 55.4 Å². The number of thioether (sulfide) groups is 1. The molecule has 2 aromatic carbocycles. The molecule has 0 unspecified atom stereocenters. The minimum absolute atomic E-state index is 0.0923. The largest absolute Gasteiger partial charge is 0.452 e. The summed E-state index contributed by atoms with van der Waals surface area (Å²) >= 11 is 1.47. The van der Waals surface area contributed by atoms with E-state index < -0.39 is 5.97 Å². The van der Waals surface area contributed by atoms with E-state index >= 15 is 0 Å². The van der Waals surface area contributed by atoms with Gasteiger partial charge in [-0.2, -0.15) is 0 Å². The summed E-state index contributed by atoms with van der Waals surface area (Å²) in [5, 5.41) is 2.92. The highest BCUT2D eigenvalue weighted by Crippen LogP contribution is 2.21. The van der Waals surface area contributed by atoms with E-state index in [1.807, 2.05) is 56.5 Å². The zero-order valence-electron chi connectivity index (χ0n) is 14.7. The minimum Gasteiger partial charge on any atom is -0.452 e. The fraction of sp³-hybridized carbons (Fsp3) is 0.300. The molecule has 1 amide bonds. The highest BCUT2D eigenvalue weighted by atomic mass is 32.2. The standard InChI is InChI=1S/C20H23NO3S/c1-4-17(15-11-9-14(2)10-12-15)21-19(22)13-24-20(23)16-7-5-6-8-18(16)25-3/h5-12,17H,4,13H2,1-3H3,(H,21,22)/t17-/m1/s1. The van der Waals surface area contributed by atoms with E-state index in [0.29, 0.717) is 5.56 Å². The summed E-state index contributed by atoms with van der Waals surface area (Å²) in [6.45, 7) is 3.74. The van der Waals surface area contributed by atoms with Gasteiger partial charge in [0.15, 0.2) is 6.61 Å². The number of nitrogens with one attached hydrogen (secondary N) is 1. The highest BCUT2D eigenvalue weighted by Gasteiger charge is 2.16. The van der Waals surface area contributed by atoms with Crippen molar-refractivity contribution in [2.75, 3.05) is 12.9 Å². The summed E-state index contributed by atoms with van der Waals surface area (Å²) in [5.74, 6) is -0.786. The molecule has 2 rings (SSSR count). The van der Waals surface area contributed by atoms with Crippen LogP contribution in [0, 0.1) is 6.92 Å². The Balaban J connectivity index is 1.93. The maximum Gasteiger partial charge on any atom is 0.339 e. The van der Waals surface area contributed by atoms with Crippen LogP contribution in [0.15, 0.2) is 53.4 Å². The maximum absolute atomic E-state index is 12.2. The first-order valence-electron chi connectivity index (χ1n) is 8.21. The molecule has 2 aromatic rings. The average Bonchev–Trinajstić information content (AvgIpc) is 2.64. The quantitative estimate of drug-likeness (QED) is 0.598. The second-order valence-electron chi connectivity index (χ2n) is 5.72. The van der Waals surface area contributed by atoms with Crippen molar-refractivity contribution in [1.29, 1.82) is 0 Å². The summed E-state index contributed by atoms with van der Waals surface area (Å²) in [4.78, 5) is 25.2. The Morgan fingerprint density at radius 3 is 2.44 bits per heavy atom. The van der Waals surface area contributed by atoms with Crippen LogP contribution in [0.4, 0.5) is 0 Å². The fourth-order valence-corrected chi connectivity index (χ4v) is 3.06. The van der Waals surface area contributed by atoms with E-state index in [4.69, 9.17) is 4.74 Å². The predicted octanol–water partition coefficient (Wildman–Crippen LogP) is 4.14. The van der Waals surface area contributed by atoms with Gasteiger partial charge in [0.25, 0.3) is 5.91 Å². The van der Waals surface area contributed by atoms with Crippen LogP contribution in [0.25, 0.3) is 0 Å². The minimum atomic E-state index is -0.483. The van der Waals surface area contributed by atoms with E-state index in [1.165, 1.54) is 17.3 Å². The van der Waals surface area contributed by atoms with Crippen molar-refractivity contribution in [2.24, 2.45) is 0 Å². The second kappa shape index (κ2) is 9.28. The van der Waals surface area contributed by atoms with Crippen LogP contribution in [0.1, 0.15) is 40.9 Å². The van der Waals surface area contributed by atoms with Gasteiger partial charge in [0, 0.05) is 4.90 Å². The summed E-state index contributed by atoms with van der Waals surface area (Å²) < 4.78 is 5.17. The molecule has 0 fully saturated rings. The van der Waals surface area contributed by atoms with Crippen molar-refractivity contribution in [2.45, 2.75) is 31.2 Å². The number of benzene rings is 2. The number of carbonyl (C=O) groups excluding carboxylic acids is 2. The van der Waals surface area contributed by atoms with Gasteiger partial charge in [-0.25, -0.2) is 4.79 Å². The van der Waals surface area contributed by atoms with Gasteiger partial charge in [-0.3, -0.25) is 4.79 Å². The molecule has 0 aliphatic carbocycles. The lowest BCUT2D eigenvalue weighted by atomic mass is 10.0. The third-order valence-electron chi connectivity index (χ3n) is 3.88. The first-order chi connectivity index (χ1) is 12.0. The van der Waals surface area contributed by atoms with Gasteiger partial charge in [0.05, 0.1) is 11.6 Å². The maximum atomic E-state index is 12.2. The number of rotatable bonds is 7. The Hall–Kier alpha value is -2.27. The number of amides is 1. The lowest BCUT2D eigenvalue weighted by molar-refractivity contribution is -0.125. The molecule has 0 saturated carbocycles. The lowest BCUT2D eigenvalue weighted by Crippen LogP contribution is -2.32. The van der Waals surface area contributed by atoms with Gasteiger partial charge in [0.2, 0.25) is 0 Å². The zero-order valence-corrected chi connectivity index (χ0v) is 15.6. The summed E-state index contributed by atoms with van der Waals surface area (Å²) in [5.41, 5.74) is 2.69. The molecular formula is C20H23NO3S. The smallest absolute Gasteiger partial charge is 0.339 e. The highest BCUT2D eigenvalue weighted by molar-refractivity contribution is 7.98. The fourth-order valence-electron chi connectivity index (χ4n) is 2.48. The average molecular weight is 357 g/mol. The van der Waals surface area contributed by atoms with Crippen LogP contribution in [0.5, 0.6) is 0 Å². The van der Waals surface area contributed by atoms with Crippen molar-refractivity contribution in [3.05, 3.63) is 65.2 Å². The molecule has 1 atom stereocenters. The van der Waals surface area contributed by atoms with Crippen LogP contribution >= 0.6 is 11.8 Å². The van der Waals surface area contributed by atoms with Crippen molar-refractivity contribution < 1.29 is 14.3 Å². The van der Waals surface area contributed by atoms with Crippen molar-refractivity contribution in [3.8, 4) is 0 Å². The number of ether oxygens (including phenoxy) is 1. The van der Waals surface area contributed by atoms with Crippen LogP contribution in [-0.2, 0) is 9.53 Å². The Morgan fingerprint density at radius 2 is 1.80 bits per heavy atom. The number of esters is 1. The Kier molecular flexibility index (Phi) is 7.07. The first-order valence-corrected chi connectivity index (χ1v) is 9.43. The number of carbonyl (C=O) groups is 2. The molecule has 0 aliphatic heterocycles. The first kappa shape index (κ1) is 19.1. The van der Waals surface area contributed by atoms with Gasteiger partial charge in [-0.1, -0.05) is 48.9 Å². The van der Waals surface area contributed by atoms with E-state index in [9.17, 15) is 9.59 Å². The van der Waals surface area contributed by atoms with Crippen LogP contribution in [0.2, 0.25) is 0 Å². The third kappa shape index (κ3) is 5.36. The summed E-state index contributed by atoms with van der Waals surface area (Å²) in [7, 11) is 0. The Labute approximate surface area is 153 Å². The molecule has 0 spiro atoms. The molecule has 0 saturated heterocycles. The van der Waals surface area contributed by atoms with Crippen LogP contribution in [0.3, 0.4) is 0 Å². The number of hydrogen-bond donors (Lipinski definition) is 1. The molecule has 0 radical (unpaired) electrons. The normalized spacial score (nSPS) is 11.6. The molecule has 4 nitrogen and oxygen atoms in total. The number of aryl methyl sites for hydroxylation is 1. The molecule has 25 heavy (non-hydrogen) atoms. The van der Waals surface area contributed by atoms with E-state index in [2.05, 4.69) is 5.32 Å². The number of hydrogen-bond acceptors (Lipinski definition) is 4. The summed E-state index contributed by atoms with van der Waals surface area (Å²) in [6.07, 6.45) is 2.66. The molecule has 0 aliphatic rings. The van der Waals surface area contributed by atoms with Gasteiger partial charge in [-0.05, 0) is 37.3 Å². The van der Waals surface area contributed by atoms with E-state index in [1.54, 1.807) is 12.1 Å². The Morgan fingerprint density at radius 1 is 1.12 bits per heavy atom. The third-order valence-corrected chi connectivity index (χ3v) is 4.68. The monoisotopic (exact) mass is 357 g/mol. The molecule has 0 heterocycles. The molecule has 132 valence electrons. The molecular weight excluding hydrogens is 334 g/mol. The van der Waals surface area contributed by atoms with Gasteiger partial charge in [0.1, 0.15) is 0 Å². The molecule has 5 heteroatoms. The zero-order chi connectivity index (χ0) is 18.2. The van der Waals surface area contributed by atoms with Crippen molar-refractivity contribution in [3.63, 3.8) is 0 Å². The molecule has 0 aromatic heterocycles. The van der Waals surface area contributed by atoms with Gasteiger partial charge >= 0.3 is 5.97 Å². The van der Waals surface area contributed by atoms with Gasteiger partial charge in [-0.15, -0.1) is 11.8 Å². The van der Waals surface area contributed by atoms with Crippen LogP contribution < -0.4 is 5.32 Å². The molecule has 1 N–H and O–H groups in total. The molecule has 0 bridgehead atoms. The van der Waals surface area contributed by atoms with Gasteiger partial charge < -0.3 is 10.1 Å². The van der Waals surface area contributed by atoms with E-state index in [-0.39, 0.29) is 18.6 Å². The second-order valence-corrected chi connectivity index (χ2v) is 6.56.